The monoisotopic (exact) mass is 384 g/mol. The maximum atomic E-state index is 12.6. The molecular weight excluding hydrogens is 364 g/mol. The third-order valence-corrected chi connectivity index (χ3v) is 6.27. The van der Waals surface area contributed by atoms with E-state index in [1.54, 1.807) is 11.3 Å². The topological polar surface area (TPSA) is 62.7 Å². The van der Waals surface area contributed by atoms with Gasteiger partial charge in [-0.25, -0.2) is 0 Å². The van der Waals surface area contributed by atoms with Crippen LogP contribution in [-0.4, -0.2) is 27.2 Å². The summed E-state index contributed by atoms with van der Waals surface area (Å²) in [5.41, 5.74) is 3.93. The van der Waals surface area contributed by atoms with Crippen molar-refractivity contribution in [1.82, 2.24) is 20.1 Å². The van der Waals surface area contributed by atoms with E-state index in [9.17, 15) is 4.79 Å². The van der Waals surface area contributed by atoms with Gasteiger partial charge in [0.25, 0.3) is 5.91 Å². The molecule has 3 aromatic rings. The fourth-order valence-electron chi connectivity index (χ4n) is 3.43. The van der Waals surface area contributed by atoms with Crippen LogP contribution in [0.3, 0.4) is 0 Å². The summed E-state index contributed by atoms with van der Waals surface area (Å²) in [6.45, 7) is 3.34. The summed E-state index contributed by atoms with van der Waals surface area (Å²) in [5, 5.41) is 10.0. The second kappa shape index (κ2) is 7.17. The molecule has 1 aromatic carbocycles. The van der Waals surface area contributed by atoms with Crippen LogP contribution in [0.4, 0.5) is 0 Å². The van der Waals surface area contributed by atoms with Gasteiger partial charge in [0, 0.05) is 24.4 Å². The molecule has 26 heavy (non-hydrogen) atoms. The smallest absolute Gasteiger partial charge is 0.261 e. The summed E-state index contributed by atoms with van der Waals surface area (Å²) < 4.78 is 2.57. The molecule has 0 radical (unpaired) electrons. The highest BCUT2D eigenvalue weighted by atomic mass is 32.1. The van der Waals surface area contributed by atoms with Crippen molar-refractivity contribution < 1.29 is 4.79 Å². The van der Waals surface area contributed by atoms with E-state index in [1.165, 1.54) is 21.6 Å². The minimum Gasteiger partial charge on any atom is -0.351 e. The number of nitrogens with zero attached hydrogens (tertiary/aromatic N) is 2. The van der Waals surface area contributed by atoms with Gasteiger partial charge in [-0.05, 0) is 54.7 Å². The van der Waals surface area contributed by atoms with E-state index < -0.39 is 0 Å². The van der Waals surface area contributed by atoms with Gasteiger partial charge in [0.1, 0.15) is 5.82 Å². The molecule has 1 aliphatic carbocycles. The normalized spacial score (nSPS) is 12.5. The SMILES string of the molecule is CCn1c(CCNC(=O)c2cc3c(s2)-c2ccccc2CC3)n[nH]c1=S. The molecular formula is C19H20N4OS2. The summed E-state index contributed by atoms with van der Waals surface area (Å²) in [7, 11) is 0. The van der Waals surface area contributed by atoms with Crippen molar-refractivity contribution in [3.8, 4) is 10.4 Å². The summed E-state index contributed by atoms with van der Waals surface area (Å²) in [6, 6.07) is 10.5. The zero-order chi connectivity index (χ0) is 18.1. The van der Waals surface area contributed by atoms with E-state index in [1.807, 2.05) is 17.6 Å². The fourth-order valence-corrected chi connectivity index (χ4v) is 4.89. The Morgan fingerprint density at radius 3 is 3.00 bits per heavy atom. The summed E-state index contributed by atoms with van der Waals surface area (Å²) in [6.07, 6.45) is 2.70. The molecule has 1 amide bonds. The number of nitrogens with one attached hydrogen (secondary N) is 2. The number of fused-ring (bicyclic) bond motifs is 3. The molecule has 0 atom stereocenters. The summed E-state index contributed by atoms with van der Waals surface area (Å²) >= 11 is 6.78. The molecule has 0 aliphatic heterocycles. The van der Waals surface area contributed by atoms with Crippen LogP contribution in [0.2, 0.25) is 0 Å². The van der Waals surface area contributed by atoms with Gasteiger partial charge in [-0.1, -0.05) is 24.3 Å². The average Bonchev–Trinajstić information content (AvgIpc) is 3.25. The Bertz CT molecular complexity index is 1010. The van der Waals surface area contributed by atoms with Crippen LogP contribution in [-0.2, 0) is 25.8 Å². The van der Waals surface area contributed by atoms with Gasteiger partial charge in [-0.2, -0.15) is 5.10 Å². The molecule has 0 fully saturated rings. The highest BCUT2D eigenvalue weighted by molar-refractivity contribution is 7.71. The number of hydrogen-bond donors (Lipinski definition) is 2. The molecule has 2 heterocycles. The number of benzene rings is 1. The van der Waals surface area contributed by atoms with E-state index in [0.29, 0.717) is 17.7 Å². The van der Waals surface area contributed by atoms with Gasteiger partial charge in [-0.15, -0.1) is 11.3 Å². The van der Waals surface area contributed by atoms with E-state index in [2.05, 4.69) is 39.8 Å². The number of aromatic nitrogens is 3. The molecule has 0 saturated heterocycles. The largest absolute Gasteiger partial charge is 0.351 e. The lowest BCUT2D eigenvalue weighted by Gasteiger charge is -2.15. The minimum absolute atomic E-state index is 0.0148. The first kappa shape index (κ1) is 17.2. The lowest BCUT2D eigenvalue weighted by molar-refractivity contribution is 0.0958. The van der Waals surface area contributed by atoms with Crippen molar-refractivity contribution in [3.05, 3.63) is 56.9 Å². The van der Waals surface area contributed by atoms with Crippen molar-refractivity contribution >= 4 is 29.5 Å². The number of aromatic amines is 1. The molecule has 4 rings (SSSR count). The van der Waals surface area contributed by atoms with Crippen LogP contribution in [0.5, 0.6) is 0 Å². The number of H-pyrrole nitrogens is 1. The van der Waals surface area contributed by atoms with E-state index in [-0.39, 0.29) is 5.91 Å². The molecule has 134 valence electrons. The first-order chi connectivity index (χ1) is 12.7. The number of aryl methyl sites for hydroxylation is 2. The number of carbonyl (C=O) groups is 1. The first-order valence-corrected chi connectivity index (χ1v) is 10.0. The molecule has 0 spiro atoms. The molecule has 2 N–H and O–H groups in total. The third-order valence-electron chi connectivity index (χ3n) is 4.75. The van der Waals surface area contributed by atoms with Gasteiger partial charge in [-0.3, -0.25) is 9.89 Å². The van der Waals surface area contributed by atoms with E-state index in [4.69, 9.17) is 12.2 Å². The highest BCUT2D eigenvalue weighted by Gasteiger charge is 2.21. The zero-order valence-corrected chi connectivity index (χ0v) is 16.2. The quantitative estimate of drug-likeness (QED) is 0.659. The maximum absolute atomic E-state index is 12.6. The van der Waals surface area contributed by atoms with E-state index in [0.717, 1.165) is 30.1 Å². The van der Waals surface area contributed by atoms with Crippen LogP contribution in [0.15, 0.2) is 30.3 Å². The predicted molar refractivity (Wildman–Crippen MR) is 106 cm³/mol. The van der Waals surface area contributed by atoms with Crippen LogP contribution in [0, 0.1) is 4.77 Å². The first-order valence-electron chi connectivity index (χ1n) is 8.80. The zero-order valence-electron chi connectivity index (χ0n) is 14.5. The van der Waals surface area contributed by atoms with Gasteiger partial charge in [0.2, 0.25) is 0 Å². The Hall–Kier alpha value is -2.25. The number of carbonyl (C=O) groups excluding carboxylic acids is 1. The molecule has 7 heteroatoms. The molecule has 0 unspecified atom stereocenters. The number of thiophene rings is 1. The fraction of sp³-hybridized carbons (Fsp3) is 0.316. The van der Waals surface area contributed by atoms with Crippen molar-refractivity contribution in [1.29, 1.82) is 0 Å². The lowest BCUT2D eigenvalue weighted by Crippen LogP contribution is -2.25. The summed E-state index contributed by atoms with van der Waals surface area (Å²) in [4.78, 5) is 14.6. The van der Waals surface area contributed by atoms with Crippen LogP contribution >= 0.6 is 23.6 Å². The van der Waals surface area contributed by atoms with Crippen LogP contribution in [0.1, 0.15) is 33.5 Å². The number of hydrogen-bond acceptors (Lipinski definition) is 4. The molecule has 1 aliphatic rings. The lowest BCUT2D eigenvalue weighted by atomic mass is 9.91. The van der Waals surface area contributed by atoms with Crippen molar-refractivity contribution in [2.75, 3.05) is 6.54 Å². The van der Waals surface area contributed by atoms with Crippen molar-refractivity contribution in [2.24, 2.45) is 0 Å². The second-order valence-electron chi connectivity index (χ2n) is 6.32. The Morgan fingerprint density at radius 2 is 2.15 bits per heavy atom. The predicted octanol–water partition coefficient (Wildman–Crippen LogP) is 3.76. The van der Waals surface area contributed by atoms with Gasteiger partial charge >= 0.3 is 0 Å². The van der Waals surface area contributed by atoms with Crippen LogP contribution in [0.25, 0.3) is 10.4 Å². The number of rotatable bonds is 5. The minimum atomic E-state index is -0.0148. The van der Waals surface area contributed by atoms with E-state index >= 15 is 0 Å². The molecule has 0 bridgehead atoms. The maximum Gasteiger partial charge on any atom is 0.261 e. The van der Waals surface area contributed by atoms with Gasteiger partial charge in [0.05, 0.1) is 4.88 Å². The van der Waals surface area contributed by atoms with Gasteiger partial charge in [0.15, 0.2) is 4.77 Å². The molecule has 5 nitrogen and oxygen atoms in total. The van der Waals surface area contributed by atoms with Crippen molar-refractivity contribution in [3.63, 3.8) is 0 Å². The summed E-state index contributed by atoms with van der Waals surface area (Å²) in [5.74, 6) is 0.858. The Morgan fingerprint density at radius 1 is 1.35 bits per heavy atom. The molecule has 0 saturated carbocycles. The highest BCUT2D eigenvalue weighted by Crippen LogP contribution is 2.39. The third kappa shape index (κ3) is 3.12. The number of amides is 1. The standard InChI is InChI=1S/C19H20N4OS2/c1-2-23-16(21-22-19(23)25)9-10-20-18(24)15-11-13-8-7-12-5-3-4-6-14(12)17(13)26-15/h3-6,11H,2,7-10H2,1H3,(H,20,24)(H,22,25). The Balaban J connectivity index is 1.45. The Kier molecular flexibility index (Phi) is 4.74. The molecule has 2 aromatic heterocycles. The van der Waals surface area contributed by atoms with Gasteiger partial charge < -0.3 is 9.88 Å². The Labute approximate surface area is 161 Å². The van der Waals surface area contributed by atoms with Crippen LogP contribution < -0.4 is 5.32 Å². The van der Waals surface area contributed by atoms with Crippen molar-refractivity contribution in [2.45, 2.75) is 32.7 Å². The second-order valence-corrected chi connectivity index (χ2v) is 7.76. The average molecular weight is 385 g/mol.